The van der Waals surface area contributed by atoms with Gasteiger partial charge in [-0.1, -0.05) is 0 Å². The molecule has 146 valence electrons. The summed E-state index contributed by atoms with van der Waals surface area (Å²) in [5, 5.41) is 2.35. The number of nitrogens with zero attached hydrogens (tertiary/aromatic N) is 1. The van der Waals surface area contributed by atoms with Crippen LogP contribution in [-0.4, -0.2) is 21.2 Å². The first kappa shape index (κ1) is 19.3. The van der Waals surface area contributed by atoms with Crippen molar-refractivity contribution in [2.24, 2.45) is 0 Å². The molecule has 28 heavy (non-hydrogen) atoms. The lowest BCUT2D eigenvalue weighted by Crippen LogP contribution is -2.33. The molecule has 1 heterocycles. The average molecular weight is 389 g/mol. The number of nitrogens with one attached hydrogen (secondary N) is 2. The van der Waals surface area contributed by atoms with Crippen molar-refractivity contribution in [2.75, 3.05) is 5.32 Å². The third-order valence-electron chi connectivity index (χ3n) is 3.71. The zero-order valence-electron chi connectivity index (χ0n) is 15.3. The van der Waals surface area contributed by atoms with Crippen molar-refractivity contribution in [2.45, 2.75) is 26.4 Å². The molecule has 2 N–H and O–H groups in total. The topological polar surface area (TPSA) is 93.2 Å². The van der Waals surface area contributed by atoms with Crippen LogP contribution in [0.1, 0.15) is 20.8 Å². The number of amides is 1. The fraction of sp³-hybridized carbons (Fsp3) is 0.211. The molecule has 0 saturated heterocycles. The maximum Gasteiger partial charge on any atom is 0.412 e. The average Bonchev–Trinajstić information content (AvgIpc) is 2.57. The number of rotatable bonds is 2. The van der Waals surface area contributed by atoms with Gasteiger partial charge in [0.2, 0.25) is 0 Å². The number of aromatic nitrogens is 2. The van der Waals surface area contributed by atoms with Crippen LogP contribution < -0.4 is 16.6 Å². The highest BCUT2D eigenvalue weighted by Gasteiger charge is 2.17. The van der Waals surface area contributed by atoms with Crippen LogP contribution in [0.2, 0.25) is 0 Å². The lowest BCUT2D eigenvalue weighted by atomic mass is 10.2. The zero-order valence-corrected chi connectivity index (χ0v) is 15.3. The van der Waals surface area contributed by atoms with Crippen LogP contribution in [0.4, 0.5) is 19.3 Å². The minimum absolute atomic E-state index is 0.103. The molecule has 0 spiro atoms. The van der Waals surface area contributed by atoms with E-state index >= 15 is 0 Å². The molecule has 2 aromatic carbocycles. The van der Waals surface area contributed by atoms with Crippen LogP contribution in [0.15, 0.2) is 46.0 Å². The largest absolute Gasteiger partial charge is 0.444 e. The predicted molar refractivity (Wildman–Crippen MR) is 99.9 cm³/mol. The molecule has 1 aromatic heterocycles. The van der Waals surface area contributed by atoms with E-state index in [0.29, 0.717) is 5.69 Å². The third kappa shape index (κ3) is 3.93. The molecule has 9 heteroatoms. The summed E-state index contributed by atoms with van der Waals surface area (Å²) in [6.07, 6.45) is -0.654. The Bertz CT molecular complexity index is 1180. The van der Waals surface area contributed by atoms with E-state index in [4.69, 9.17) is 4.74 Å². The number of benzene rings is 2. The number of hydrogen-bond donors (Lipinski definition) is 2. The summed E-state index contributed by atoms with van der Waals surface area (Å²) in [5.74, 6) is -2.36. The van der Waals surface area contributed by atoms with E-state index in [-0.39, 0.29) is 16.6 Å². The molecule has 0 atom stereocenters. The van der Waals surface area contributed by atoms with Crippen molar-refractivity contribution >= 4 is 22.7 Å². The molecular weight excluding hydrogens is 372 g/mol. The van der Waals surface area contributed by atoms with Gasteiger partial charge in [-0.05, 0) is 51.1 Å². The zero-order chi connectivity index (χ0) is 20.6. The van der Waals surface area contributed by atoms with E-state index in [9.17, 15) is 23.2 Å². The number of hydrogen-bond acceptors (Lipinski definition) is 4. The lowest BCUT2D eigenvalue weighted by molar-refractivity contribution is 0.0636. The Morgan fingerprint density at radius 3 is 2.29 bits per heavy atom. The summed E-state index contributed by atoms with van der Waals surface area (Å²) in [6.45, 7) is 5.17. The van der Waals surface area contributed by atoms with Gasteiger partial charge in [-0.25, -0.2) is 22.9 Å². The molecule has 0 aliphatic rings. The van der Waals surface area contributed by atoms with Gasteiger partial charge in [-0.3, -0.25) is 10.1 Å². The molecule has 0 aliphatic heterocycles. The van der Waals surface area contributed by atoms with Crippen LogP contribution in [-0.2, 0) is 4.74 Å². The van der Waals surface area contributed by atoms with Gasteiger partial charge in [-0.15, -0.1) is 0 Å². The standard InChI is InChI=1S/C19H17F2N3O4/c1-19(2,3)28-18(27)22-10-4-6-11(7-5-10)24-16(25)12-8-13(20)14(21)9-15(12)23-17(24)26/h4-9H,1-3H3,(H,22,27)(H,23,26). The van der Waals surface area contributed by atoms with E-state index < -0.39 is 34.6 Å². The van der Waals surface area contributed by atoms with E-state index in [1.165, 1.54) is 24.3 Å². The Labute approximate surface area is 157 Å². The summed E-state index contributed by atoms with van der Waals surface area (Å²) in [7, 11) is 0. The Hall–Kier alpha value is -3.49. The van der Waals surface area contributed by atoms with Gasteiger partial charge in [0.1, 0.15) is 5.60 Å². The normalized spacial score (nSPS) is 11.5. The van der Waals surface area contributed by atoms with E-state index in [1.54, 1.807) is 20.8 Å². The highest BCUT2D eigenvalue weighted by Crippen LogP contribution is 2.16. The quantitative estimate of drug-likeness (QED) is 0.703. The molecule has 0 saturated carbocycles. The molecule has 0 bridgehead atoms. The monoisotopic (exact) mass is 389 g/mol. The van der Waals surface area contributed by atoms with E-state index in [0.717, 1.165) is 16.7 Å². The van der Waals surface area contributed by atoms with Gasteiger partial charge in [0.25, 0.3) is 5.56 Å². The van der Waals surface area contributed by atoms with E-state index in [1.807, 2.05) is 0 Å². The van der Waals surface area contributed by atoms with Crippen molar-refractivity contribution in [3.8, 4) is 5.69 Å². The van der Waals surface area contributed by atoms with Gasteiger partial charge in [-0.2, -0.15) is 0 Å². The first-order chi connectivity index (χ1) is 13.0. The first-order valence-corrected chi connectivity index (χ1v) is 8.30. The van der Waals surface area contributed by atoms with Crippen molar-refractivity contribution < 1.29 is 18.3 Å². The SMILES string of the molecule is CC(C)(C)OC(=O)Nc1ccc(-n2c(=O)[nH]c3cc(F)c(F)cc3c2=O)cc1. The molecule has 1 amide bonds. The number of ether oxygens (including phenoxy) is 1. The third-order valence-corrected chi connectivity index (χ3v) is 3.71. The molecule has 0 fully saturated rings. The van der Waals surface area contributed by atoms with Gasteiger partial charge in [0.05, 0.1) is 16.6 Å². The fourth-order valence-corrected chi connectivity index (χ4v) is 2.56. The molecule has 0 unspecified atom stereocenters. The number of carbonyl (C=O) groups is 1. The highest BCUT2D eigenvalue weighted by atomic mass is 19.2. The predicted octanol–water partition coefficient (Wildman–Crippen LogP) is 3.30. The summed E-state index contributed by atoms with van der Waals surface area (Å²) in [5.41, 5.74) is -1.80. The van der Waals surface area contributed by atoms with Crippen LogP contribution in [0.3, 0.4) is 0 Å². The van der Waals surface area contributed by atoms with Crippen molar-refractivity contribution in [3.05, 3.63) is 68.9 Å². The van der Waals surface area contributed by atoms with E-state index in [2.05, 4.69) is 10.3 Å². The number of aromatic amines is 1. The number of halogens is 2. The Morgan fingerprint density at radius 2 is 1.68 bits per heavy atom. The number of H-pyrrole nitrogens is 1. The van der Waals surface area contributed by atoms with Crippen LogP contribution in [0, 0.1) is 11.6 Å². The van der Waals surface area contributed by atoms with Gasteiger partial charge in [0, 0.05) is 11.8 Å². The minimum Gasteiger partial charge on any atom is -0.444 e. The van der Waals surface area contributed by atoms with Crippen molar-refractivity contribution in [1.82, 2.24) is 9.55 Å². The maximum absolute atomic E-state index is 13.5. The number of carbonyl (C=O) groups excluding carboxylic acids is 1. The molecule has 0 aliphatic carbocycles. The molecule has 3 rings (SSSR count). The highest BCUT2D eigenvalue weighted by molar-refractivity contribution is 5.85. The summed E-state index contributed by atoms with van der Waals surface area (Å²) in [6, 6.07) is 7.29. The molecule has 0 radical (unpaired) electrons. The number of anilines is 1. The second-order valence-corrected chi connectivity index (χ2v) is 7.06. The minimum atomic E-state index is -1.19. The second kappa shape index (κ2) is 6.91. The van der Waals surface area contributed by atoms with Gasteiger partial charge < -0.3 is 9.72 Å². The molecular formula is C19H17F2N3O4. The van der Waals surface area contributed by atoms with Crippen LogP contribution in [0.5, 0.6) is 0 Å². The van der Waals surface area contributed by atoms with Crippen molar-refractivity contribution in [1.29, 1.82) is 0 Å². The Kier molecular flexibility index (Phi) is 4.76. The Morgan fingerprint density at radius 1 is 1.07 bits per heavy atom. The van der Waals surface area contributed by atoms with Crippen molar-refractivity contribution in [3.63, 3.8) is 0 Å². The smallest absolute Gasteiger partial charge is 0.412 e. The molecule has 7 nitrogen and oxygen atoms in total. The van der Waals surface area contributed by atoms with Crippen LogP contribution in [0.25, 0.3) is 16.6 Å². The fourth-order valence-electron chi connectivity index (χ4n) is 2.56. The maximum atomic E-state index is 13.5. The van der Waals surface area contributed by atoms with Gasteiger partial charge in [0.15, 0.2) is 11.6 Å². The lowest BCUT2D eigenvalue weighted by Gasteiger charge is -2.19. The molecule has 3 aromatic rings. The summed E-state index contributed by atoms with van der Waals surface area (Å²) >= 11 is 0. The summed E-state index contributed by atoms with van der Waals surface area (Å²) < 4.78 is 32.8. The Balaban J connectivity index is 1.97. The number of fused-ring (bicyclic) bond motifs is 1. The summed E-state index contributed by atoms with van der Waals surface area (Å²) in [4.78, 5) is 39.0. The van der Waals surface area contributed by atoms with Gasteiger partial charge >= 0.3 is 11.8 Å². The second-order valence-electron chi connectivity index (χ2n) is 7.06. The van der Waals surface area contributed by atoms with Crippen LogP contribution >= 0.6 is 0 Å². The first-order valence-electron chi connectivity index (χ1n) is 8.30.